The molecule has 2 atom stereocenters. The van der Waals surface area contributed by atoms with Crippen molar-refractivity contribution in [3.05, 3.63) is 42.1 Å². The molecule has 138 valence electrons. The molecule has 0 spiro atoms. The summed E-state index contributed by atoms with van der Waals surface area (Å²) in [4.78, 5) is 15.0. The van der Waals surface area contributed by atoms with Crippen molar-refractivity contribution in [1.82, 2.24) is 20.0 Å². The van der Waals surface area contributed by atoms with Gasteiger partial charge in [-0.2, -0.15) is 5.10 Å². The van der Waals surface area contributed by atoms with E-state index in [1.54, 1.807) is 4.68 Å². The number of aliphatic hydroxyl groups is 1. The molecule has 1 amide bonds. The van der Waals surface area contributed by atoms with Crippen LogP contribution in [-0.4, -0.2) is 58.0 Å². The number of aryl methyl sites for hydroxylation is 1. The van der Waals surface area contributed by atoms with E-state index in [9.17, 15) is 9.90 Å². The number of carbonyl (C=O) groups is 1. The van der Waals surface area contributed by atoms with Gasteiger partial charge in [-0.25, -0.2) is 0 Å². The van der Waals surface area contributed by atoms with Crippen LogP contribution in [-0.2, 0) is 7.05 Å². The van der Waals surface area contributed by atoms with Gasteiger partial charge in [0, 0.05) is 37.2 Å². The van der Waals surface area contributed by atoms with Gasteiger partial charge in [-0.1, -0.05) is 30.3 Å². The number of aromatic nitrogens is 2. The van der Waals surface area contributed by atoms with Crippen molar-refractivity contribution < 1.29 is 9.90 Å². The Kier molecular flexibility index (Phi) is 4.54. The third kappa shape index (κ3) is 2.93. The molecule has 2 aliphatic rings. The molecule has 26 heavy (non-hydrogen) atoms. The zero-order valence-corrected chi connectivity index (χ0v) is 15.2. The molecule has 0 saturated carbocycles. The van der Waals surface area contributed by atoms with Crippen LogP contribution >= 0.6 is 0 Å². The van der Waals surface area contributed by atoms with Gasteiger partial charge in [0.1, 0.15) is 5.69 Å². The number of hydrogen-bond donors (Lipinski definition) is 2. The van der Waals surface area contributed by atoms with Gasteiger partial charge >= 0.3 is 0 Å². The Labute approximate surface area is 153 Å². The summed E-state index contributed by atoms with van der Waals surface area (Å²) in [6.07, 6.45) is 2.97. The fourth-order valence-corrected chi connectivity index (χ4v) is 4.37. The molecule has 0 radical (unpaired) electrons. The SMILES string of the molecule is Cn1nc(-c2ccccc2)cc1C(=O)N1CC[C@@]2(CO)CCCN[C@@H]2C1. The van der Waals surface area contributed by atoms with E-state index in [2.05, 4.69) is 10.4 Å². The minimum atomic E-state index is -0.0727. The van der Waals surface area contributed by atoms with Crippen LogP contribution in [0.5, 0.6) is 0 Å². The molecule has 6 heteroatoms. The molecule has 4 rings (SSSR count). The third-order valence-corrected chi connectivity index (χ3v) is 6.03. The first-order chi connectivity index (χ1) is 12.6. The second-order valence-electron chi connectivity index (χ2n) is 7.54. The number of piperidine rings is 2. The highest BCUT2D eigenvalue weighted by Crippen LogP contribution is 2.38. The molecule has 0 bridgehead atoms. The van der Waals surface area contributed by atoms with Gasteiger partial charge in [-0.05, 0) is 31.9 Å². The fourth-order valence-electron chi connectivity index (χ4n) is 4.37. The molecule has 3 heterocycles. The van der Waals surface area contributed by atoms with E-state index in [0.717, 1.165) is 37.1 Å². The van der Waals surface area contributed by atoms with Crippen LogP contribution in [0.4, 0.5) is 0 Å². The number of benzene rings is 1. The monoisotopic (exact) mass is 354 g/mol. The van der Waals surface area contributed by atoms with E-state index < -0.39 is 0 Å². The molecule has 2 N–H and O–H groups in total. The maximum absolute atomic E-state index is 13.1. The smallest absolute Gasteiger partial charge is 0.272 e. The lowest BCUT2D eigenvalue weighted by atomic mass is 9.70. The minimum absolute atomic E-state index is 0.0149. The molecule has 6 nitrogen and oxygen atoms in total. The first-order valence-electron chi connectivity index (χ1n) is 9.36. The summed E-state index contributed by atoms with van der Waals surface area (Å²) in [7, 11) is 1.82. The first kappa shape index (κ1) is 17.2. The van der Waals surface area contributed by atoms with Crippen molar-refractivity contribution in [2.24, 2.45) is 12.5 Å². The molecule has 1 aromatic heterocycles. The Hall–Kier alpha value is -2.18. The van der Waals surface area contributed by atoms with E-state index in [4.69, 9.17) is 0 Å². The highest BCUT2D eigenvalue weighted by molar-refractivity contribution is 5.93. The third-order valence-electron chi connectivity index (χ3n) is 6.03. The second-order valence-corrected chi connectivity index (χ2v) is 7.54. The van der Waals surface area contributed by atoms with Gasteiger partial charge in [0.15, 0.2) is 0 Å². The minimum Gasteiger partial charge on any atom is -0.396 e. The lowest BCUT2D eigenvalue weighted by molar-refractivity contribution is -0.00913. The first-order valence-corrected chi connectivity index (χ1v) is 9.36. The van der Waals surface area contributed by atoms with Crippen molar-refractivity contribution in [3.63, 3.8) is 0 Å². The molecular weight excluding hydrogens is 328 g/mol. The van der Waals surface area contributed by atoms with Gasteiger partial charge < -0.3 is 15.3 Å². The Morgan fingerprint density at radius 3 is 2.92 bits per heavy atom. The quantitative estimate of drug-likeness (QED) is 0.880. The molecular formula is C20H26N4O2. The predicted octanol–water partition coefficient (Wildman–Crippen LogP) is 1.66. The maximum Gasteiger partial charge on any atom is 0.272 e. The van der Waals surface area contributed by atoms with Crippen LogP contribution in [0.15, 0.2) is 36.4 Å². The summed E-state index contributed by atoms with van der Waals surface area (Å²) in [6, 6.07) is 12.0. The number of rotatable bonds is 3. The van der Waals surface area contributed by atoms with Crippen LogP contribution in [0.1, 0.15) is 29.8 Å². The number of nitrogens with one attached hydrogen (secondary N) is 1. The van der Waals surface area contributed by atoms with Crippen LogP contribution in [0, 0.1) is 5.41 Å². The summed E-state index contributed by atoms with van der Waals surface area (Å²) < 4.78 is 1.67. The molecule has 0 unspecified atom stereocenters. The lowest BCUT2D eigenvalue weighted by Crippen LogP contribution is -2.62. The van der Waals surface area contributed by atoms with Crippen LogP contribution < -0.4 is 5.32 Å². The van der Waals surface area contributed by atoms with Crippen molar-refractivity contribution in [2.45, 2.75) is 25.3 Å². The number of carbonyl (C=O) groups excluding carboxylic acids is 1. The predicted molar refractivity (Wildman–Crippen MR) is 99.7 cm³/mol. The van der Waals surface area contributed by atoms with E-state index in [1.165, 1.54) is 0 Å². The summed E-state index contributed by atoms with van der Waals surface area (Å²) in [5.74, 6) is 0.0149. The second kappa shape index (κ2) is 6.85. The Morgan fingerprint density at radius 2 is 2.15 bits per heavy atom. The summed E-state index contributed by atoms with van der Waals surface area (Å²) in [5.41, 5.74) is 2.36. The van der Waals surface area contributed by atoms with E-state index in [0.29, 0.717) is 18.8 Å². The van der Waals surface area contributed by atoms with Gasteiger partial charge in [0.25, 0.3) is 5.91 Å². The van der Waals surface area contributed by atoms with Crippen molar-refractivity contribution in [1.29, 1.82) is 0 Å². The Balaban J connectivity index is 1.54. The summed E-state index contributed by atoms with van der Waals surface area (Å²) in [6.45, 7) is 2.48. The molecule has 2 aromatic rings. The number of hydrogen-bond acceptors (Lipinski definition) is 4. The number of fused-ring (bicyclic) bond motifs is 1. The van der Waals surface area contributed by atoms with Crippen molar-refractivity contribution in [2.75, 3.05) is 26.2 Å². The Morgan fingerprint density at radius 1 is 1.35 bits per heavy atom. The standard InChI is InChI=1S/C20H26N4O2/c1-23-17(12-16(22-23)15-6-3-2-4-7-15)19(26)24-11-9-20(14-25)8-5-10-21-18(20)13-24/h2-4,6-7,12,18,21,25H,5,8-11,13-14H2,1H3/t18-,20-/m1/s1. The Bertz CT molecular complexity index is 788. The topological polar surface area (TPSA) is 70.4 Å². The van der Waals surface area contributed by atoms with E-state index in [1.807, 2.05) is 48.3 Å². The normalized spacial score (nSPS) is 25.8. The molecule has 2 aliphatic heterocycles. The number of nitrogens with zero attached hydrogens (tertiary/aromatic N) is 3. The zero-order chi connectivity index (χ0) is 18.1. The van der Waals surface area contributed by atoms with Crippen molar-refractivity contribution >= 4 is 5.91 Å². The lowest BCUT2D eigenvalue weighted by Gasteiger charge is -2.50. The summed E-state index contributed by atoms with van der Waals surface area (Å²) in [5, 5.41) is 18.0. The maximum atomic E-state index is 13.1. The molecule has 2 fully saturated rings. The number of amides is 1. The fraction of sp³-hybridized carbons (Fsp3) is 0.500. The highest BCUT2D eigenvalue weighted by Gasteiger charge is 2.45. The van der Waals surface area contributed by atoms with Gasteiger partial charge in [0.2, 0.25) is 0 Å². The van der Waals surface area contributed by atoms with Crippen LogP contribution in [0.25, 0.3) is 11.3 Å². The van der Waals surface area contributed by atoms with Crippen LogP contribution in [0.3, 0.4) is 0 Å². The zero-order valence-electron chi connectivity index (χ0n) is 15.2. The van der Waals surface area contributed by atoms with E-state index in [-0.39, 0.29) is 24.0 Å². The van der Waals surface area contributed by atoms with Gasteiger partial charge in [-0.15, -0.1) is 0 Å². The van der Waals surface area contributed by atoms with Gasteiger partial charge in [0.05, 0.1) is 12.3 Å². The highest BCUT2D eigenvalue weighted by atomic mass is 16.3. The average Bonchev–Trinajstić information content (AvgIpc) is 3.09. The number of aliphatic hydroxyl groups excluding tert-OH is 1. The van der Waals surface area contributed by atoms with Gasteiger partial charge in [-0.3, -0.25) is 9.48 Å². The van der Waals surface area contributed by atoms with Crippen molar-refractivity contribution in [3.8, 4) is 11.3 Å². The summed E-state index contributed by atoms with van der Waals surface area (Å²) >= 11 is 0. The molecule has 1 aromatic carbocycles. The largest absolute Gasteiger partial charge is 0.396 e. The number of likely N-dealkylation sites (tertiary alicyclic amines) is 1. The molecule has 0 aliphatic carbocycles. The molecule has 2 saturated heterocycles. The average molecular weight is 354 g/mol. The van der Waals surface area contributed by atoms with Crippen LogP contribution in [0.2, 0.25) is 0 Å². The van der Waals surface area contributed by atoms with E-state index >= 15 is 0 Å².